The molecule has 2 aromatic heterocycles. The molecule has 1 amide bonds. The summed E-state index contributed by atoms with van der Waals surface area (Å²) in [5, 5.41) is 6.20. The van der Waals surface area contributed by atoms with Crippen LogP contribution in [0.2, 0.25) is 0 Å². The number of carbonyl (C=O) groups is 1. The van der Waals surface area contributed by atoms with Gasteiger partial charge in [0.25, 0.3) is 5.91 Å². The number of hydrogen-bond acceptors (Lipinski definition) is 5. The summed E-state index contributed by atoms with van der Waals surface area (Å²) >= 11 is 0. The average Bonchev–Trinajstić information content (AvgIpc) is 2.67. The van der Waals surface area contributed by atoms with Gasteiger partial charge in [-0.25, -0.2) is 9.97 Å². The van der Waals surface area contributed by atoms with E-state index in [-0.39, 0.29) is 11.9 Å². The first kappa shape index (κ1) is 17.5. The van der Waals surface area contributed by atoms with E-state index in [9.17, 15) is 4.79 Å². The molecule has 0 aliphatic carbocycles. The van der Waals surface area contributed by atoms with E-state index in [0.29, 0.717) is 23.9 Å². The molecule has 3 aromatic rings. The molecule has 0 saturated carbocycles. The fourth-order valence-electron chi connectivity index (χ4n) is 2.58. The van der Waals surface area contributed by atoms with E-state index in [1.165, 1.54) is 0 Å². The zero-order valence-corrected chi connectivity index (χ0v) is 14.8. The van der Waals surface area contributed by atoms with E-state index >= 15 is 0 Å². The Morgan fingerprint density at radius 3 is 2.54 bits per heavy atom. The van der Waals surface area contributed by atoms with Crippen LogP contribution in [0.3, 0.4) is 0 Å². The standard InChI is InChI=1S/C20H21N5O/c1-14(17-6-4-3-5-7-17)23-19-12-18(24-15(2)25-19)20(26)22-13-16-8-10-21-11-9-16/h3-12,14H,13H2,1-2H3,(H,22,26)(H,23,24,25). The van der Waals surface area contributed by atoms with Gasteiger partial charge in [-0.1, -0.05) is 30.3 Å². The van der Waals surface area contributed by atoms with E-state index in [0.717, 1.165) is 11.1 Å². The van der Waals surface area contributed by atoms with Crippen molar-refractivity contribution in [3.63, 3.8) is 0 Å². The highest BCUT2D eigenvalue weighted by molar-refractivity contribution is 5.92. The first-order valence-corrected chi connectivity index (χ1v) is 8.46. The van der Waals surface area contributed by atoms with Crippen LogP contribution in [0.1, 0.15) is 40.4 Å². The molecular weight excluding hydrogens is 326 g/mol. The Morgan fingerprint density at radius 1 is 1.08 bits per heavy atom. The minimum atomic E-state index is -0.234. The van der Waals surface area contributed by atoms with Gasteiger partial charge >= 0.3 is 0 Å². The second-order valence-electron chi connectivity index (χ2n) is 6.00. The molecule has 0 fully saturated rings. The Labute approximate surface area is 152 Å². The summed E-state index contributed by atoms with van der Waals surface area (Å²) in [6.07, 6.45) is 3.40. The van der Waals surface area contributed by atoms with Crippen LogP contribution >= 0.6 is 0 Å². The van der Waals surface area contributed by atoms with E-state index in [1.807, 2.05) is 42.5 Å². The molecule has 6 heteroatoms. The number of pyridine rings is 1. The first-order chi connectivity index (χ1) is 12.6. The molecule has 0 bridgehead atoms. The fraction of sp³-hybridized carbons (Fsp3) is 0.200. The number of aromatic nitrogens is 3. The number of nitrogens with one attached hydrogen (secondary N) is 2. The van der Waals surface area contributed by atoms with Crippen molar-refractivity contribution in [2.24, 2.45) is 0 Å². The molecule has 3 rings (SSSR count). The Bertz CT molecular complexity index is 868. The Balaban J connectivity index is 1.69. The minimum Gasteiger partial charge on any atom is -0.363 e. The number of amides is 1. The molecule has 132 valence electrons. The zero-order chi connectivity index (χ0) is 18.4. The Morgan fingerprint density at radius 2 is 1.81 bits per heavy atom. The fourth-order valence-corrected chi connectivity index (χ4v) is 2.58. The van der Waals surface area contributed by atoms with Crippen LogP contribution in [0.5, 0.6) is 0 Å². The highest BCUT2D eigenvalue weighted by Crippen LogP contribution is 2.18. The lowest BCUT2D eigenvalue weighted by atomic mass is 10.1. The van der Waals surface area contributed by atoms with Gasteiger partial charge in [0.15, 0.2) is 0 Å². The maximum absolute atomic E-state index is 12.4. The molecule has 26 heavy (non-hydrogen) atoms. The Kier molecular flexibility index (Phi) is 5.53. The molecule has 2 heterocycles. The summed E-state index contributed by atoms with van der Waals surface area (Å²) in [5.41, 5.74) is 2.47. The molecule has 0 radical (unpaired) electrons. The molecule has 0 aliphatic heterocycles. The van der Waals surface area contributed by atoms with Gasteiger partial charge in [-0.3, -0.25) is 9.78 Å². The number of benzene rings is 1. The van der Waals surface area contributed by atoms with Crippen molar-refractivity contribution >= 4 is 11.7 Å². The molecule has 1 aromatic carbocycles. The molecule has 2 N–H and O–H groups in total. The van der Waals surface area contributed by atoms with Gasteiger partial charge < -0.3 is 10.6 Å². The number of carbonyl (C=O) groups excluding carboxylic acids is 1. The van der Waals surface area contributed by atoms with Crippen molar-refractivity contribution in [1.29, 1.82) is 0 Å². The number of rotatable bonds is 6. The minimum absolute atomic E-state index is 0.0678. The lowest BCUT2D eigenvalue weighted by molar-refractivity contribution is 0.0945. The summed E-state index contributed by atoms with van der Waals surface area (Å²) in [7, 11) is 0. The number of aryl methyl sites for hydroxylation is 1. The summed E-state index contributed by atoms with van der Waals surface area (Å²) in [6.45, 7) is 4.25. The van der Waals surface area contributed by atoms with Crippen LogP contribution < -0.4 is 10.6 Å². The third kappa shape index (κ3) is 4.63. The second kappa shape index (κ2) is 8.20. The van der Waals surface area contributed by atoms with Crippen molar-refractivity contribution in [3.05, 3.63) is 83.6 Å². The molecule has 1 atom stereocenters. The SMILES string of the molecule is Cc1nc(NC(C)c2ccccc2)cc(C(=O)NCc2ccncc2)n1. The van der Waals surface area contributed by atoms with Crippen LogP contribution in [-0.2, 0) is 6.54 Å². The molecule has 6 nitrogen and oxygen atoms in total. The lowest BCUT2D eigenvalue weighted by Crippen LogP contribution is -2.24. The van der Waals surface area contributed by atoms with Crippen LogP contribution in [0, 0.1) is 6.92 Å². The van der Waals surface area contributed by atoms with E-state index < -0.39 is 0 Å². The maximum atomic E-state index is 12.4. The highest BCUT2D eigenvalue weighted by atomic mass is 16.1. The molecular formula is C20H21N5O. The van der Waals surface area contributed by atoms with Crippen LogP contribution in [0.25, 0.3) is 0 Å². The average molecular weight is 347 g/mol. The van der Waals surface area contributed by atoms with Gasteiger partial charge in [0.2, 0.25) is 0 Å². The summed E-state index contributed by atoms with van der Waals surface area (Å²) in [4.78, 5) is 25.0. The molecule has 0 spiro atoms. The normalized spacial score (nSPS) is 11.6. The molecule has 0 saturated heterocycles. The highest BCUT2D eigenvalue weighted by Gasteiger charge is 2.12. The number of nitrogens with zero attached hydrogens (tertiary/aromatic N) is 3. The van der Waals surface area contributed by atoms with Gasteiger partial charge in [-0.2, -0.15) is 0 Å². The molecule has 0 aliphatic rings. The van der Waals surface area contributed by atoms with Crippen LogP contribution in [0.4, 0.5) is 5.82 Å². The van der Waals surface area contributed by atoms with Gasteiger partial charge in [0, 0.05) is 31.0 Å². The van der Waals surface area contributed by atoms with Gasteiger partial charge in [0.1, 0.15) is 17.3 Å². The van der Waals surface area contributed by atoms with Gasteiger partial charge in [-0.15, -0.1) is 0 Å². The van der Waals surface area contributed by atoms with E-state index in [1.54, 1.807) is 25.4 Å². The predicted octanol–water partition coefficient (Wildman–Crippen LogP) is 3.28. The van der Waals surface area contributed by atoms with Crippen molar-refractivity contribution < 1.29 is 4.79 Å². The van der Waals surface area contributed by atoms with Gasteiger partial charge in [-0.05, 0) is 37.1 Å². The number of anilines is 1. The largest absolute Gasteiger partial charge is 0.363 e. The summed E-state index contributed by atoms with van der Waals surface area (Å²) < 4.78 is 0. The summed E-state index contributed by atoms with van der Waals surface area (Å²) in [5.74, 6) is 0.940. The lowest BCUT2D eigenvalue weighted by Gasteiger charge is -2.16. The van der Waals surface area contributed by atoms with Crippen LogP contribution in [0.15, 0.2) is 60.9 Å². The van der Waals surface area contributed by atoms with Crippen molar-refractivity contribution in [2.75, 3.05) is 5.32 Å². The first-order valence-electron chi connectivity index (χ1n) is 8.46. The maximum Gasteiger partial charge on any atom is 0.270 e. The number of hydrogen-bond donors (Lipinski definition) is 2. The van der Waals surface area contributed by atoms with Crippen molar-refractivity contribution in [1.82, 2.24) is 20.3 Å². The van der Waals surface area contributed by atoms with Crippen LogP contribution in [-0.4, -0.2) is 20.9 Å². The van der Waals surface area contributed by atoms with E-state index in [2.05, 4.69) is 32.5 Å². The zero-order valence-electron chi connectivity index (χ0n) is 14.8. The van der Waals surface area contributed by atoms with Gasteiger partial charge in [0.05, 0.1) is 0 Å². The topological polar surface area (TPSA) is 79.8 Å². The summed E-state index contributed by atoms with van der Waals surface area (Å²) in [6, 6.07) is 15.5. The quantitative estimate of drug-likeness (QED) is 0.715. The molecule has 1 unspecified atom stereocenters. The monoisotopic (exact) mass is 347 g/mol. The third-order valence-electron chi connectivity index (χ3n) is 3.94. The van der Waals surface area contributed by atoms with E-state index in [4.69, 9.17) is 0 Å². The third-order valence-corrected chi connectivity index (χ3v) is 3.94. The second-order valence-corrected chi connectivity index (χ2v) is 6.00. The van der Waals surface area contributed by atoms with Crippen molar-refractivity contribution in [3.8, 4) is 0 Å². The Hall–Kier alpha value is -3.28. The van der Waals surface area contributed by atoms with Crippen molar-refractivity contribution in [2.45, 2.75) is 26.4 Å². The smallest absolute Gasteiger partial charge is 0.270 e. The predicted molar refractivity (Wildman–Crippen MR) is 101 cm³/mol.